The standard InChI is InChI=1S/C18H26O.C12H22O/c1-11-8-16-15(9-14(11)13(3)19)17(4,5)10-12(2)18(16,6)7;1-10-6-5-8-11(2)7-3-4-9-12(10,11)13/h8-9,12H,10H2,1-7H3;10,13H,3-9H2,1-2H3/t12-;10-,11+,12-/m00/s1. The molecule has 2 saturated carbocycles. The van der Waals surface area contributed by atoms with Crippen molar-refractivity contribution in [1.82, 2.24) is 0 Å². The molecule has 0 aromatic heterocycles. The van der Waals surface area contributed by atoms with Crippen LogP contribution in [0, 0.1) is 24.2 Å². The van der Waals surface area contributed by atoms with Crippen molar-refractivity contribution in [3.05, 3.63) is 34.4 Å². The average molecular weight is 441 g/mol. The van der Waals surface area contributed by atoms with Crippen LogP contribution in [-0.2, 0) is 10.8 Å². The fraction of sp³-hybridized carbons (Fsp3) is 0.767. The molecule has 2 fully saturated rings. The zero-order chi connectivity index (χ0) is 24.1. The van der Waals surface area contributed by atoms with Crippen LogP contribution in [0.4, 0.5) is 0 Å². The first-order valence-corrected chi connectivity index (χ1v) is 13.0. The number of aliphatic hydroxyl groups is 1. The van der Waals surface area contributed by atoms with E-state index in [9.17, 15) is 9.90 Å². The number of carbonyl (C=O) groups excluding carboxylic acids is 1. The monoisotopic (exact) mass is 440 g/mol. The highest BCUT2D eigenvalue weighted by Gasteiger charge is 2.53. The van der Waals surface area contributed by atoms with Gasteiger partial charge in [0.25, 0.3) is 0 Å². The lowest BCUT2D eigenvalue weighted by Crippen LogP contribution is -2.55. The first-order chi connectivity index (χ1) is 14.7. The van der Waals surface area contributed by atoms with Crippen molar-refractivity contribution in [3.8, 4) is 0 Å². The Morgan fingerprint density at radius 1 is 0.906 bits per heavy atom. The lowest BCUT2D eigenvalue weighted by atomic mass is 9.54. The maximum Gasteiger partial charge on any atom is 0.160 e. The second-order valence-electron chi connectivity index (χ2n) is 13.0. The molecule has 2 heteroatoms. The van der Waals surface area contributed by atoms with Gasteiger partial charge in [-0.15, -0.1) is 0 Å². The first kappa shape index (κ1) is 25.5. The molecule has 0 saturated heterocycles. The molecule has 2 nitrogen and oxygen atoms in total. The van der Waals surface area contributed by atoms with Crippen LogP contribution in [0.2, 0.25) is 0 Å². The minimum atomic E-state index is -0.330. The van der Waals surface area contributed by atoms with Crippen LogP contribution in [-0.4, -0.2) is 16.5 Å². The van der Waals surface area contributed by atoms with E-state index >= 15 is 0 Å². The third kappa shape index (κ3) is 4.22. The van der Waals surface area contributed by atoms with Crippen LogP contribution in [0.1, 0.15) is 134 Å². The van der Waals surface area contributed by atoms with Gasteiger partial charge in [-0.05, 0) is 96.8 Å². The van der Waals surface area contributed by atoms with Crippen molar-refractivity contribution in [2.75, 3.05) is 0 Å². The van der Waals surface area contributed by atoms with Crippen molar-refractivity contribution < 1.29 is 9.90 Å². The molecule has 1 aromatic rings. The second kappa shape index (κ2) is 8.57. The highest BCUT2D eigenvalue weighted by Crippen LogP contribution is 2.55. The molecule has 0 bridgehead atoms. The summed E-state index contributed by atoms with van der Waals surface area (Å²) < 4.78 is 0. The molecule has 3 aliphatic rings. The molecule has 4 rings (SSSR count). The zero-order valence-corrected chi connectivity index (χ0v) is 22.3. The quantitative estimate of drug-likeness (QED) is 0.450. The summed E-state index contributed by atoms with van der Waals surface area (Å²) in [5.41, 5.74) is 5.05. The third-order valence-corrected chi connectivity index (χ3v) is 9.98. The predicted molar refractivity (Wildman–Crippen MR) is 136 cm³/mol. The van der Waals surface area contributed by atoms with Gasteiger partial charge in [0.15, 0.2) is 5.78 Å². The minimum absolute atomic E-state index is 0.155. The Labute approximate surface area is 197 Å². The summed E-state index contributed by atoms with van der Waals surface area (Å²) in [5, 5.41) is 10.7. The van der Waals surface area contributed by atoms with Crippen molar-refractivity contribution in [2.24, 2.45) is 17.3 Å². The molecule has 0 aliphatic heterocycles. The Morgan fingerprint density at radius 3 is 2.09 bits per heavy atom. The summed E-state index contributed by atoms with van der Waals surface area (Å²) in [6, 6.07) is 4.41. The summed E-state index contributed by atoms with van der Waals surface area (Å²) in [6.07, 6.45) is 9.81. The molecule has 180 valence electrons. The molecule has 0 unspecified atom stereocenters. The molecule has 1 N–H and O–H groups in total. The van der Waals surface area contributed by atoms with Gasteiger partial charge in [-0.25, -0.2) is 0 Å². The van der Waals surface area contributed by atoms with Gasteiger partial charge in [0, 0.05) is 5.56 Å². The van der Waals surface area contributed by atoms with Crippen molar-refractivity contribution in [1.29, 1.82) is 0 Å². The van der Waals surface area contributed by atoms with Crippen molar-refractivity contribution in [3.63, 3.8) is 0 Å². The van der Waals surface area contributed by atoms with Crippen LogP contribution in [0.3, 0.4) is 0 Å². The Hall–Kier alpha value is -1.15. The van der Waals surface area contributed by atoms with E-state index in [1.165, 1.54) is 56.1 Å². The number of aryl methyl sites for hydroxylation is 1. The highest BCUT2D eigenvalue weighted by atomic mass is 16.3. The summed E-state index contributed by atoms with van der Waals surface area (Å²) in [6.45, 7) is 19.9. The number of Topliss-reactive ketones (excluding diaryl/α,β-unsaturated/α-hetero) is 1. The molecular weight excluding hydrogens is 392 g/mol. The molecule has 1 aromatic carbocycles. The molecule has 0 radical (unpaired) electrons. The number of hydrogen-bond acceptors (Lipinski definition) is 2. The first-order valence-electron chi connectivity index (χ1n) is 13.0. The number of fused-ring (bicyclic) bond motifs is 2. The predicted octanol–water partition coefficient (Wildman–Crippen LogP) is 7.91. The largest absolute Gasteiger partial charge is 0.389 e. The molecular formula is C30H48O2. The maximum atomic E-state index is 11.8. The molecule has 32 heavy (non-hydrogen) atoms. The Morgan fingerprint density at radius 2 is 1.50 bits per heavy atom. The van der Waals surface area contributed by atoms with E-state index in [1.54, 1.807) is 6.92 Å². The number of hydrogen-bond donors (Lipinski definition) is 1. The van der Waals surface area contributed by atoms with E-state index < -0.39 is 0 Å². The smallest absolute Gasteiger partial charge is 0.160 e. The molecule has 3 aliphatic carbocycles. The second-order valence-corrected chi connectivity index (χ2v) is 13.0. The van der Waals surface area contributed by atoms with Gasteiger partial charge in [-0.2, -0.15) is 0 Å². The van der Waals surface area contributed by atoms with E-state index in [0.29, 0.717) is 11.8 Å². The topological polar surface area (TPSA) is 37.3 Å². The van der Waals surface area contributed by atoms with Crippen LogP contribution in [0.25, 0.3) is 0 Å². The van der Waals surface area contributed by atoms with E-state index in [1.807, 2.05) is 0 Å². The van der Waals surface area contributed by atoms with Crippen molar-refractivity contribution in [2.45, 2.75) is 130 Å². The van der Waals surface area contributed by atoms with Crippen LogP contribution in [0.15, 0.2) is 12.1 Å². The minimum Gasteiger partial charge on any atom is -0.389 e. The van der Waals surface area contributed by atoms with Crippen LogP contribution in [0.5, 0.6) is 0 Å². The average Bonchev–Trinajstić information content (AvgIpc) is 2.68. The van der Waals surface area contributed by atoms with Gasteiger partial charge >= 0.3 is 0 Å². The van der Waals surface area contributed by atoms with Gasteiger partial charge in [0.1, 0.15) is 0 Å². The molecule has 4 atom stereocenters. The van der Waals surface area contributed by atoms with Crippen molar-refractivity contribution >= 4 is 5.78 Å². The number of rotatable bonds is 1. The van der Waals surface area contributed by atoms with Gasteiger partial charge in [-0.3, -0.25) is 4.79 Å². The lowest BCUT2D eigenvalue weighted by Gasteiger charge is -2.55. The van der Waals surface area contributed by atoms with Crippen LogP contribution < -0.4 is 0 Å². The fourth-order valence-corrected chi connectivity index (χ4v) is 7.22. The highest BCUT2D eigenvalue weighted by molar-refractivity contribution is 5.96. The normalized spacial score (nSPS) is 35.1. The Balaban J connectivity index is 0.000000193. The third-order valence-electron chi connectivity index (χ3n) is 9.98. The summed E-state index contributed by atoms with van der Waals surface area (Å²) >= 11 is 0. The number of benzene rings is 1. The number of carbonyl (C=O) groups is 1. The van der Waals surface area contributed by atoms with E-state index in [-0.39, 0.29) is 27.6 Å². The Bertz CT molecular complexity index is 860. The SMILES string of the molecule is CC(=O)c1cc2c(cc1C)C(C)(C)[C@@H](C)CC2(C)C.C[C@H]1CCC[C@@]2(C)CCCC[C@]12O. The summed E-state index contributed by atoms with van der Waals surface area (Å²) in [5.74, 6) is 1.34. The van der Waals surface area contributed by atoms with Gasteiger partial charge in [0.2, 0.25) is 0 Å². The summed E-state index contributed by atoms with van der Waals surface area (Å²) in [4.78, 5) is 11.8. The fourth-order valence-electron chi connectivity index (χ4n) is 7.22. The van der Waals surface area contributed by atoms with Gasteiger partial charge in [0.05, 0.1) is 5.60 Å². The lowest BCUT2D eigenvalue weighted by molar-refractivity contribution is -0.164. The van der Waals surface area contributed by atoms with Crippen LogP contribution >= 0.6 is 0 Å². The van der Waals surface area contributed by atoms with E-state index in [0.717, 1.165) is 17.5 Å². The van der Waals surface area contributed by atoms with E-state index in [4.69, 9.17) is 0 Å². The molecule has 0 amide bonds. The molecule has 0 heterocycles. The zero-order valence-electron chi connectivity index (χ0n) is 22.3. The van der Waals surface area contributed by atoms with Gasteiger partial charge in [-0.1, -0.05) is 73.8 Å². The maximum absolute atomic E-state index is 11.8. The van der Waals surface area contributed by atoms with E-state index in [2.05, 4.69) is 67.5 Å². The Kier molecular flexibility index (Phi) is 6.82. The van der Waals surface area contributed by atoms with Gasteiger partial charge < -0.3 is 5.11 Å². The summed E-state index contributed by atoms with van der Waals surface area (Å²) in [7, 11) is 0. The number of ketones is 1. The molecule has 0 spiro atoms.